The molecule has 0 unspecified atom stereocenters. The Morgan fingerprint density at radius 1 is 1.10 bits per heavy atom. The number of nitrogens with one attached hydrogen (secondary N) is 2. The SMILES string of the molecule is CCN(CC)c1ccc(CNC(=O)/C=C/c2ccc(C(=O)NC3CC3)cc2)cn1. The van der Waals surface area contributed by atoms with E-state index in [1.54, 1.807) is 24.4 Å². The Morgan fingerprint density at radius 2 is 1.83 bits per heavy atom. The minimum atomic E-state index is -0.173. The van der Waals surface area contributed by atoms with Crippen LogP contribution in [0.5, 0.6) is 0 Å². The largest absolute Gasteiger partial charge is 0.357 e. The summed E-state index contributed by atoms with van der Waals surface area (Å²) in [7, 11) is 0. The molecule has 1 aromatic heterocycles. The molecule has 0 spiro atoms. The smallest absolute Gasteiger partial charge is 0.251 e. The third-order valence-corrected chi connectivity index (χ3v) is 4.88. The van der Waals surface area contributed by atoms with Crippen LogP contribution in [0.3, 0.4) is 0 Å². The Labute approximate surface area is 172 Å². The van der Waals surface area contributed by atoms with Gasteiger partial charge in [0, 0.05) is 43.5 Å². The number of nitrogens with zero attached hydrogens (tertiary/aromatic N) is 2. The molecule has 3 rings (SSSR count). The minimum absolute atomic E-state index is 0.0404. The second-order valence-corrected chi connectivity index (χ2v) is 7.12. The first-order chi connectivity index (χ1) is 14.1. The van der Waals surface area contributed by atoms with Gasteiger partial charge in [0.05, 0.1) is 0 Å². The monoisotopic (exact) mass is 392 g/mol. The number of amides is 2. The fraction of sp³-hybridized carbons (Fsp3) is 0.348. The highest BCUT2D eigenvalue weighted by Gasteiger charge is 2.23. The number of benzene rings is 1. The van der Waals surface area contributed by atoms with E-state index in [9.17, 15) is 9.59 Å². The van der Waals surface area contributed by atoms with E-state index in [0.717, 1.165) is 42.9 Å². The number of hydrogen-bond acceptors (Lipinski definition) is 4. The predicted molar refractivity (Wildman–Crippen MR) is 116 cm³/mol. The summed E-state index contributed by atoms with van der Waals surface area (Å²) in [6.07, 6.45) is 7.16. The molecule has 29 heavy (non-hydrogen) atoms. The fourth-order valence-corrected chi connectivity index (χ4v) is 2.92. The van der Waals surface area contributed by atoms with Gasteiger partial charge in [-0.15, -0.1) is 0 Å². The Kier molecular flexibility index (Phi) is 7.00. The molecule has 0 saturated heterocycles. The zero-order valence-electron chi connectivity index (χ0n) is 17.0. The molecule has 0 bridgehead atoms. The highest BCUT2D eigenvalue weighted by Crippen LogP contribution is 2.19. The molecule has 1 heterocycles. The highest BCUT2D eigenvalue weighted by molar-refractivity contribution is 5.95. The van der Waals surface area contributed by atoms with E-state index in [2.05, 4.69) is 34.4 Å². The summed E-state index contributed by atoms with van der Waals surface area (Å²) in [5.74, 6) is 0.731. The molecule has 1 saturated carbocycles. The summed E-state index contributed by atoms with van der Waals surface area (Å²) in [6, 6.07) is 11.5. The number of carbonyl (C=O) groups is 2. The van der Waals surface area contributed by atoms with Crippen molar-refractivity contribution in [1.29, 1.82) is 0 Å². The van der Waals surface area contributed by atoms with Crippen LogP contribution in [-0.4, -0.2) is 35.9 Å². The van der Waals surface area contributed by atoms with Gasteiger partial charge >= 0.3 is 0 Å². The van der Waals surface area contributed by atoms with Crippen LogP contribution >= 0.6 is 0 Å². The number of rotatable bonds is 9. The molecule has 6 heteroatoms. The van der Waals surface area contributed by atoms with Crippen molar-refractivity contribution in [2.24, 2.45) is 0 Å². The first-order valence-corrected chi connectivity index (χ1v) is 10.2. The molecule has 0 atom stereocenters. The van der Waals surface area contributed by atoms with Crippen LogP contribution in [0.15, 0.2) is 48.7 Å². The zero-order chi connectivity index (χ0) is 20.6. The van der Waals surface area contributed by atoms with Crippen LogP contribution in [0.25, 0.3) is 6.08 Å². The number of anilines is 1. The van der Waals surface area contributed by atoms with Crippen molar-refractivity contribution in [3.05, 3.63) is 65.4 Å². The third kappa shape index (κ3) is 6.17. The summed E-state index contributed by atoms with van der Waals surface area (Å²) in [4.78, 5) is 30.7. The second kappa shape index (κ2) is 9.87. The number of pyridine rings is 1. The molecular weight excluding hydrogens is 364 g/mol. The minimum Gasteiger partial charge on any atom is -0.357 e. The fourth-order valence-electron chi connectivity index (χ4n) is 2.92. The molecular formula is C23H28N4O2. The maximum Gasteiger partial charge on any atom is 0.251 e. The topological polar surface area (TPSA) is 74.3 Å². The lowest BCUT2D eigenvalue weighted by Gasteiger charge is -2.19. The van der Waals surface area contributed by atoms with Crippen LogP contribution in [0.2, 0.25) is 0 Å². The molecule has 2 amide bonds. The van der Waals surface area contributed by atoms with Gasteiger partial charge in [-0.3, -0.25) is 9.59 Å². The van der Waals surface area contributed by atoms with Gasteiger partial charge in [-0.05, 0) is 62.1 Å². The molecule has 152 valence electrons. The quantitative estimate of drug-likeness (QED) is 0.643. The zero-order valence-corrected chi connectivity index (χ0v) is 17.0. The first kappa shape index (κ1) is 20.6. The molecule has 0 aliphatic heterocycles. The molecule has 2 aromatic rings. The second-order valence-electron chi connectivity index (χ2n) is 7.12. The summed E-state index contributed by atoms with van der Waals surface area (Å²) in [5.41, 5.74) is 2.46. The summed E-state index contributed by atoms with van der Waals surface area (Å²) in [5, 5.41) is 5.82. The van der Waals surface area contributed by atoms with E-state index >= 15 is 0 Å². The summed E-state index contributed by atoms with van der Waals surface area (Å²) in [6.45, 7) is 6.45. The lowest BCUT2D eigenvalue weighted by atomic mass is 10.1. The van der Waals surface area contributed by atoms with Crippen molar-refractivity contribution >= 4 is 23.7 Å². The molecule has 1 aliphatic carbocycles. The maximum absolute atomic E-state index is 12.1. The lowest BCUT2D eigenvalue weighted by molar-refractivity contribution is -0.116. The van der Waals surface area contributed by atoms with Gasteiger partial charge < -0.3 is 15.5 Å². The van der Waals surface area contributed by atoms with Gasteiger partial charge in [0.25, 0.3) is 5.91 Å². The Balaban J connectivity index is 1.47. The number of hydrogen-bond donors (Lipinski definition) is 2. The summed E-state index contributed by atoms with van der Waals surface area (Å²) >= 11 is 0. The van der Waals surface area contributed by atoms with Gasteiger partial charge in [0.15, 0.2) is 0 Å². The molecule has 2 N–H and O–H groups in total. The third-order valence-electron chi connectivity index (χ3n) is 4.88. The van der Waals surface area contributed by atoms with Crippen molar-refractivity contribution in [2.45, 2.75) is 39.3 Å². The standard InChI is InChI=1S/C23H28N4O2/c1-3-27(4-2)21-13-7-18(15-24-21)16-25-22(28)14-8-17-5-9-19(10-6-17)23(29)26-20-11-12-20/h5-10,13-15,20H,3-4,11-12,16H2,1-2H3,(H,25,28)(H,26,29)/b14-8+. The normalized spacial score (nSPS) is 13.3. The van der Waals surface area contributed by atoms with E-state index < -0.39 is 0 Å². The van der Waals surface area contributed by atoms with Crippen LogP contribution in [0, 0.1) is 0 Å². The van der Waals surface area contributed by atoms with E-state index in [0.29, 0.717) is 18.2 Å². The first-order valence-electron chi connectivity index (χ1n) is 10.2. The van der Waals surface area contributed by atoms with Crippen LogP contribution in [0.4, 0.5) is 5.82 Å². The van der Waals surface area contributed by atoms with E-state index in [1.807, 2.05) is 24.3 Å². The van der Waals surface area contributed by atoms with Crippen LogP contribution in [0.1, 0.15) is 48.2 Å². The summed E-state index contributed by atoms with van der Waals surface area (Å²) < 4.78 is 0. The molecule has 1 aliphatic rings. The van der Waals surface area contributed by atoms with Crippen molar-refractivity contribution in [3.63, 3.8) is 0 Å². The van der Waals surface area contributed by atoms with Gasteiger partial charge in [-0.1, -0.05) is 18.2 Å². The lowest BCUT2D eigenvalue weighted by Crippen LogP contribution is -2.25. The number of carbonyl (C=O) groups excluding carboxylic acids is 2. The number of aromatic nitrogens is 1. The molecule has 6 nitrogen and oxygen atoms in total. The van der Waals surface area contributed by atoms with Crippen molar-refractivity contribution in [2.75, 3.05) is 18.0 Å². The van der Waals surface area contributed by atoms with E-state index in [-0.39, 0.29) is 11.8 Å². The van der Waals surface area contributed by atoms with Crippen molar-refractivity contribution in [3.8, 4) is 0 Å². The molecule has 0 radical (unpaired) electrons. The van der Waals surface area contributed by atoms with Gasteiger partial charge in [0.2, 0.25) is 5.91 Å². The Hall–Kier alpha value is -3.15. The van der Waals surface area contributed by atoms with Crippen molar-refractivity contribution in [1.82, 2.24) is 15.6 Å². The van der Waals surface area contributed by atoms with E-state index in [1.165, 1.54) is 6.08 Å². The van der Waals surface area contributed by atoms with Crippen LogP contribution in [-0.2, 0) is 11.3 Å². The Bertz CT molecular complexity index is 851. The van der Waals surface area contributed by atoms with Gasteiger partial charge in [0.1, 0.15) is 5.82 Å². The predicted octanol–water partition coefficient (Wildman–Crippen LogP) is 3.15. The maximum atomic E-state index is 12.1. The van der Waals surface area contributed by atoms with Gasteiger partial charge in [-0.25, -0.2) is 4.98 Å². The average Bonchev–Trinajstić information content (AvgIpc) is 3.57. The molecule has 1 aromatic carbocycles. The Morgan fingerprint density at radius 3 is 2.41 bits per heavy atom. The van der Waals surface area contributed by atoms with E-state index in [4.69, 9.17) is 0 Å². The van der Waals surface area contributed by atoms with Crippen molar-refractivity contribution < 1.29 is 9.59 Å². The highest BCUT2D eigenvalue weighted by atomic mass is 16.2. The van der Waals surface area contributed by atoms with Crippen LogP contribution < -0.4 is 15.5 Å². The average molecular weight is 393 g/mol. The molecule has 1 fully saturated rings. The van der Waals surface area contributed by atoms with Gasteiger partial charge in [-0.2, -0.15) is 0 Å².